The molecule has 0 unspecified atom stereocenters. The molecule has 0 aliphatic carbocycles. The zero-order valence-corrected chi connectivity index (χ0v) is 9.98. The van der Waals surface area contributed by atoms with E-state index in [0.29, 0.717) is 18.9 Å². The first-order valence-electron chi connectivity index (χ1n) is 3.74. The van der Waals surface area contributed by atoms with E-state index in [1.807, 2.05) is 0 Å². The predicted molar refractivity (Wildman–Crippen MR) is 64.4 cm³/mol. The van der Waals surface area contributed by atoms with Gasteiger partial charge in [-0.1, -0.05) is 0 Å². The highest BCUT2D eigenvalue weighted by atomic mass is 32.1. The van der Waals surface area contributed by atoms with Crippen LogP contribution in [0.15, 0.2) is 14.7 Å². The summed E-state index contributed by atoms with van der Waals surface area (Å²) < 4.78 is 0. The molecular formula is C9H6O3S3. The lowest BCUT2D eigenvalue weighted by atomic mass is 10.1. The number of thiol groups is 3. The van der Waals surface area contributed by atoms with Crippen molar-refractivity contribution in [1.82, 2.24) is 0 Å². The molecule has 0 saturated carbocycles. The Morgan fingerprint density at radius 1 is 0.600 bits per heavy atom. The van der Waals surface area contributed by atoms with Crippen molar-refractivity contribution in [3.63, 3.8) is 0 Å². The summed E-state index contributed by atoms with van der Waals surface area (Å²) >= 11 is 12.1. The number of hydrogen-bond acceptors (Lipinski definition) is 6. The van der Waals surface area contributed by atoms with Crippen LogP contribution in [0, 0.1) is 0 Å². The molecule has 0 N–H and O–H groups in total. The molecule has 0 spiro atoms. The molecular weight excluding hydrogens is 252 g/mol. The van der Waals surface area contributed by atoms with Crippen LogP contribution in [0.3, 0.4) is 0 Å². The molecule has 0 atom stereocenters. The second kappa shape index (κ2) is 4.87. The van der Waals surface area contributed by atoms with Crippen LogP contribution < -0.4 is 0 Å². The SMILES string of the molecule is O=Cc1c(S)c(C=O)c(S)c(C=O)c1S. The van der Waals surface area contributed by atoms with Crippen LogP contribution in [0.4, 0.5) is 0 Å². The summed E-state index contributed by atoms with van der Waals surface area (Å²) in [6.07, 6.45) is 1.49. The van der Waals surface area contributed by atoms with Crippen LogP contribution in [0.2, 0.25) is 0 Å². The summed E-state index contributed by atoms with van der Waals surface area (Å²) in [6, 6.07) is 0. The number of rotatable bonds is 3. The van der Waals surface area contributed by atoms with Crippen molar-refractivity contribution in [3.8, 4) is 0 Å². The van der Waals surface area contributed by atoms with E-state index in [2.05, 4.69) is 37.9 Å². The Hall–Kier alpha value is -0.720. The van der Waals surface area contributed by atoms with E-state index in [4.69, 9.17) is 0 Å². The van der Waals surface area contributed by atoms with Crippen LogP contribution in [0.25, 0.3) is 0 Å². The van der Waals surface area contributed by atoms with Crippen LogP contribution in [0.5, 0.6) is 0 Å². The van der Waals surface area contributed by atoms with Gasteiger partial charge in [-0.25, -0.2) is 0 Å². The first kappa shape index (κ1) is 12.4. The minimum atomic E-state index is 0.115. The standard InChI is InChI=1S/C9H6O3S3/c10-1-4-7(13)5(2-11)9(15)6(3-12)8(4)14/h1-3,13-15H. The Balaban J connectivity index is 3.79. The molecule has 0 radical (unpaired) electrons. The van der Waals surface area contributed by atoms with Crippen molar-refractivity contribution < 1.29 is 14.4 Å². The number of carbonyl (C=O) groups excluding carboxylic acids is 3. The van der Waals surface area contributed by atoms with Gasteiger partial charge in [-0.05, 0) is 0 Å². The molecule has 1 rings (SSSR count). The van der Waals surface area contributed by atoms with Gasteiger partial charge in [-0.2, -0.15) is 0 Å². The first-order valence-corrected chi connectivity index (χ1v) is 5.09. The molecule has 0 heterocycles. The van der Waals surface area contributed by atoms with Crippen molar-refractivity contribution in [2.75, 3.05) is 0 Å². The van der Waals surface area contributed by atoms with Crippen molar-refractivity contribution in [1.29, 1.82) is 0 Å². The minimum Gasteiger partial charge on any atom is -0.298 e. The molecule has 0 aliphatic rings. The van der Waals surface area contributed by atoms with E-state index in [-0.39, 0.29) is 31.4 Å². The maximum atomic E-state index is 10.7. The van der Waals surface area contributed by atoms with Gasteiger partial charge in [0.15, 0.2) is 18.9 Å². The summed E-state index contributed by atoms with van der Waals surface area (Å²) in [7, 11) is 0. The molecule has 0 saturated heterocycles. The second-order valence-electron chi connectivity index (χ2n) is 2.64. The summed E-state index contributed by atoms with van der Waals surface area (Å²) in [5, 5.41) is 0. The molecule has 6 heteroatoms. The summed E-state index contributed by atoms with van der Waals surface area (Å²) in [5.74, 6) is 0. The van der Waals surface area contributed by atoms with Gasteiger partial charge in [-0.3, -0.25) is 14.4 Å². The maximum absolute atomic E-state index is 10.7. The Morgan fingerprint density at radius 2 is 0.800 bits per heavy atom. The van der Waals surface area contributed by atoms with Crippen molar-refractivity contribution in [2.45, 2.75) is 14.7 Å². The van der Waals surface area contributed by atoms with Gasteiger partial charge in [0.05, 0.1) is 0 Å². The molecule has 78 valence electrons. The number of benzene rings is 1. The van der Waals surface area contributed by atoms with E-state index in [1.54, 1.807) is 0 Å². The predicted octanol–water partition coefficient (Wildman–Crippen LogP) is 1.99. The number of carbonyl (C=O) groups is 3. The van der Waals surface area contributed by atoms with Gasteiger partial charge < -0.3 is 0 Å². The third-order valence-corrected chi connectivity index (χ3v) is 3.33. The van der Waals surface area contributed by atoms with E-state index < -0.39 is 0 Å². The largest absolute Gasteiger partial charge is 0.298 e. The van der Waals surface area contributed by atoms with Gasteiger partial charge in [0.25, 0.3) is 0 Å². The molecule has 0 bridgehead atoms. The highest BCUT2D eigenvalue weighted by molar-refractivity contribution is 7.82. The molecule has 0 aromatic heterocycles. The van der Waals surface area contributed by atoms with Gasteiger partial charge >= 0.3 is 0 Å². The fourth-order valence-electron chi connectivity index (χ4n) is 1.11. The lowest BCUT2D eigenvalue weighted by molar-refractivity contribution is 0.111. The fourth-order valence-corrected chi connectivity index (χ4v) is 2.36. The highest BCUT2D eigenvalue weighted by Gasteiger charge is 2.17. The Morgan fingerprint density at radius 3 is 0.933 bits per heavy atom. The van der Waals surface area contributed by atoms with Crippen LogP contribution in [0.1, 0.15) is 31.1 Å². The first-order chi connectivity index (χ1) is 7.08. The van der Waals surface area contributed by atoms with E-state index in [9.17, 15) is 14.4 Å². The second-order valence-corrected chi connectivity index (χ2v) is 3.98. The molecule has 15 heavy (non-hydrogen) atoms. The van der Waals surface area contributed by atoms with Gasteiger partial charge in [0, 0.05) is 31.4 Å². The number of aldehydes is 3. The van der Waals surface area contributed by atoms with Gasteiger partial charge in [0.2, 0.25) is 0 Å². The topological polar surface area (TPSA) is 51.2 Å². The van der Waals surface area contributed by atoms with Crippen molar-refractivity contribution >= 4 is 56.7 Å². The van der Waals surface area contributed by atoms with E-state index in [0.717, 1.165) is 0 Å². The van der Waals surface area contributed by atoms with Crippen molar-refractivity contribution in [3.05, 3.63) is 16.7 Å². The normalized spacial score (nSPS) is 9.80. The van der Waals surface area contributed by atoms with Crippen LogP contribution in [-0.2, 0) is 0 Å². The zero-order chi connectivity index (χ0) is 11.6. The quantitative estimate of drug-likeness (QED) is 0.574. The monoisotopic (exact) mass is 258 g/mol. The average Bonchev–Trinajstić information content (AvgIpc) is 2.19. The Bertz CT molecular complexity index is 367. The summed E-state index contributed by atoms with van der Waals surface area (Å²) in [5.41, 5.74) is 0.344. The van der Waals surface area contributed by atoms with Gasteiger partial charge in [-0.15, -0.1) is 37.9 Å². The summed E-state index contributed by atoms with van der Waals surface area (Å²) in [6.45, 7) is 0. The minimum absolute atomic E-state index is 0.115. The lowest BCUT2D eigenvalue weighted by Gasteiger charge is -2.10. The molecule has 0 aliphatic heterocycles. The number of hydrogen-bond donors (Lipinski definition) is 3. The fraction of sp³-hybridized carbons (Fsp3) is 0. The van der Waals surface area contributed by atoms with Gasteiger partial charge in [0.1, 0.15) is 0 Å². The molecule has 1 aromatic rings. The van der Waals surface area contributed by atoms with Crippen LogP contribution in [-0.4, -0.2) is 18.9 Å². The third kappa shape index (κ3) is 1.97. The zero-order valence-electron chi connectivity index (χ0n) is 7.30. The molecule has 1 aromatic carbocycles. The Labute approximate surface area is 102 Å². The van der Waals surface area contributed by atoms with E-state index in [1.165, 1.54) is 0 Å². The van der Waals surface area contributed by atoms with Crippen LogP contribution >= 0.6 is 37.9 Å². The Kier molecular flexibility index (Phi) is 4.01. The smallest absolute Gasteiger partial charge is 0.152 e. The summed E-state index contributed by atoms with van der Waals surface area (Å²) in [4.78, 5) is 32.8. The highest BCUT2D eigenvalue weighted by Crippen LogP contribution is 2.32. The molecule has 0 fully saturated rings. The average molecular weight is 258 g/mol. The van der Waals surface area contributed by atoms with E-state index >= 15 is 0 Å². The lowest BCUT2D eigenvalue weighted by Crippen LogP contribution is -2.00. The van der Waals surface area contributed by atoms with Crippen molar-refractivity contribution in [2.24, 2.45) is 0 Å². The third-order valence-electron chi connectivity index (χ3n) is 1.88. The molecule has 0 amide bonds. The maximum Gasteiger partial charge on any atom is 0.152 e. The molecule has 3 nitrogen and oxygen atoms in total.